The number of oxime groups is 2. The molecule has 0 fully saturated rings. The van der Waals surface area contributed by atoms with Gasteiger partial charge in [0.1, 0.15) is 13.7 Å². The highest BCUT2D eigenvalue weighted by Gasteiger charge is 2.18. The van der Waals surface area contributed by atoms with Gasteiger partial charge >= 0.3 is 5.97 Å². The predicted molar refractivity (Wildman–Crippen MR) is 95.6 cm³/mol. The topological polar surface area (TPSA) is 69.5 Å². The molecule has 0 aliphatic heterocycles. The summed E-state index contributed by atoms with van der Waals surface area (Å²) in [6.07, 6.45) is 1.53. The summed E-state index contributed by atoms with van der Waals surface area (Å²) in [6.45, 7) is 2.38. The second kappa shape index (κ2) is 9.22. The van der Waals surface area contributed by atoms with Gasteiger partial charge < -0.3 is 14.4 Å². The van der Waals surface area contributed by atoms with Gasteiger partial charge in [0.2, 0.25) is 0 Å². The molecule has 0 heterocycles. The average Bonchev–Trinajstić information content (AvgIpc) is 2.64. The molecule has 0 aliphatic rings. The summed E-state index contributed by atoms with van der Waals surface area (Å²) in [4.78, 5) is 22.0. The maximum Gasteiger partial charge on any atom is 0.360 e. The Hall–Kier alpha value is -3.15. The van der Waals surface area contributed by atoms with Gasteiger partial charge in [0.15, 0.2) is 5.71 Å². The molecule has 0 unspecified atom stereocenters. The minimum Gasteiger partial charge on any atom is -0.464 e. The van der Waals surface area contributed by atoms with Crippen molar-refractivity contribution in [3.63, 3.8) is 0 Å². The van der Waals surface area contributed by atoms with Crippen molar-refractivity contribution in [2.24, 2.45) is 10.3 Å². The van der Waals surface area contributed by atoms with Crippen LogP contribution in [-0.2, 0) is 25.8 Å². The monoisotopic (exact) mass is 340 g/mol. The number of aryl methyl sites for hydroxylation is 1. The number of methoxy groups -OCH3 is 1. The number of esters is 1. The van der Waals surface area contributed by atoms with Crippen LogP contribution >= 0.6 is 0 Å². The molecule has 0 radical (unpaired) electrons. The predicted octanol–water partition coefficient (Wildman–Crippen LogP) is 3.07. The third kappa shape index (κ3) is 4.91. The lowest BCUT2D eigenvalue weighted by atomic mass is 10.0. The highest BCUT2D eigenvalue weighted by Crippen LogP contribution is 2.11. The van der Waals surface area contributed by atoms with E-state index in [9.17, 15) is 4.79 Å². The van der Waals surface area contributed by atoms with Gasteiger partial charge in [-0.25, -0.2) is 4.79 Å². The van der Waals surface area contributed by atoms with Crippen molar-refractivity contribution in [3.8, 4) is 0 Å². The molecular formula is C19H20N2O4. The molecule has 0 saturated carbocycles. The second-order valence-corrected chi connectivity index (χ2v) is 5.14. The zero-order valence-electron chi connectivity index (χ0n) is 14.4. The fourth-order valence-corrected chi connectivity index (χ4v) is 2.18. The first kappa shape index (κ1) is 18.2. The molecule has 2 aromatic rings. The van der Waals surface area contributed by atoms with Crippen LogP contribution in [0.15, 0.2) is 58.8 Å². The van der Waals surface area contributed by atoms with Crippen LogP contribution < -0.4 is 0 Å². The van der Waals surface area contributed by atoms with Crippen molar-refractivity contribution in [2.45, 2.75) is 13.5 Å². The number of hydrogen-bond acceptors (Lipinski definition) is 6. The smallest absolute Gasteiger partial charge is 0.360 e. The fourth-order valence-electron chi connectivity index (χ4n) is 2.18. The van der Waals surface area contributed by atoms with Crippen LogP contribution in [0.25, 0.3) is 0 Å². The number of carbonyl (C=O) groups excluding carboxylic acids is 1. The molecular weight excluding hydrogens is 320 g/mol. The molecule has 0 saturated heterocycles. The van der Waals surface area contributed by atoms with E-state index in [1.807, 2.05) is 37.3 Å². The zero-order chi connectivity index (χ0) is 18.1. The minimum absolute atomic E-state index is 0.0611. The average molecular weight is 340 g/mol. The first-order valence-corrected chi connectivity index (χ1v) is 7.66. The quantitative estimate of drug-likeness (QED) is 0.441. The van der Waals surface area contributed by atoms with Crippen LogP contribution in [0, 0.1) is 6.92 Å². The van der Waals surface area contributed by atoms with Crippen molar-refractivity contribution in [3.05, 3.63) is 70.8 Å². The number of rotatable bonds is 7. The number of carbonyl (C=O) groups is 1. The standard InChI is InChI=1S/C19H20N2O4/c1-14-8-4-5-10-16(14)13-25-20-12-15-9-6-7-11-17(15)18(21-24-3)19(22)23-2/h4-12H,13H2,1-3H3. The van der Waals surface area contributed by atoms with Crippen molar-refractivity contribution in [1.82, 2.24) is 0 Å². The van der Waals surface area contributed by atoms with Crippen LogP contribution in [0.1, 0.15) is 22.3 Å². The molecule has 0 atom stereocenters. The fraction of sp³-hybridized carbons (Fsp3) is 0.211. The first-order valence-electron chi connectivity index (χ1n) is 7.66. The molecule has 0 amide bonds. The molecule has 2 rings (SSSR count). The highest BCUT2D eigenvalue weighted by molar-refractivity contribution is 6.44. The Bertz CT molecular complexity index is 784. The van der Waals surface area contributed by atoms with E-state index < -0.39 is 5.97 Å². The molecule has 6 heteroatoms. The van der Waals surface area contributed by atoms with Gasteiger partial charge in [-0.1, -0.05) is 58.8 Å². The molecule has 2 aromatic carbocycles. The van der Waals surface area contributed by atoms with E-state index in [1.165, 1.54) is 20.4 Å². The van der Waals surface area contributed by atoms with Crippen molar-refractivity contribution >= 4 is 17.9 Å². The summed E-state index contributed by atoms with van der Waals surface area (Å²) in [5, 5.41) is 7.75. The summed E-state index contributed by atoms with van der Waals surface area (Å²) < 4.78 is 4.75. The largest absolute Gasteiger partial charge is 0.464 e. The van der Waals surface area contributed by atoms with Gasteiger partial charge in [-0.05, 0) is 18.1 Å². The van der Waals surface area contributed by atoms with E-state index in [0.29, 0.717) is 17.7 Å². The van der Waals surface area contributed by atoms with Crippen LogP contribution in [0.2, 0.25) is 0 Å². The van der Waals surface area contributed by atoms with Crippen LogP contribution in [0.5, 0.6) is 0 Å². The number of ether oxygens (including phenoxy) is 1. The van der Waals surface area contributed by atoms with Crippen LogP contribution in [0.3, 0.4) is 0 Å². The van der Waals surface area contributed by atoms with Crippen LogP contribution in [-0.4, -0.2) is 32.1 Å². The third-order valence-electron chi connectivity index (χ3n) is 3.52. The van der Waals surface area contributed by atoms with Crippen LogP contribution in [0.4, 0.5) is 0 Å². The Labute approximate surface area is 146 Å². The zero-order valence-corrected chi connectivity index (χ0v) is 14.4. The maximum atomic E-state index is 11.9. The summed E-state index contributed by atoms with van der Waals surface area (Å²) in [6, 6.07) is 15.1. The van der Waals surface area contributed by atoms with Gasteiger partial charge in [0.05, 0.1) is 13.3 Å². The molecule has 0 aromatic heterocycles. The van der Waals surface area contributed by atoms with E-state index >= 15 is 0 Å². The second-order valence-electron chi connectivity index (χ2n) is 5.14. The van der Waals surface area contributed by atoms with Gasteiger partial charge in [0.25, 0.3) is 0 Å². The molecule has 25 heavy (non-hydrogen) atoms. The normalized spacial score (nSPS) is 11.4. The van der Waals surface area contributed by atoms with E-state index in [-0.39, 0.29) is 5.71 Å². The van der Waals surface area contributed by atoms with Gasteiger partial charge in [0, 0.05) is 11.1 Å². The lowest BCUT2D eigenvalue weighted by Gasteiger charge is -2.07. The Morgan fingerprint density at radius 3 is 2.52 bits per heavy atom. The molecule has 0 bridgehead atoms. The van der Waals surface area contributed by atoms with Crippen molar-refractivity contribution < 1.29 is 19.2 Å². The lowest BCUT2D eigenvalue weighted by Crippen LogP contribution is -2.19. The van der Waals surface area contributed by atoms with Crippen molar-refractivity contribution in [1.29, 1.82) is 0 Å². The Morgan fingerprint density at radius 2 is 1.80 bits per heavy atom. The Kier molecular flexibility index (Phi) is 6.71. The van der Waals surface area contributed by atoms with Gasteiger partial charge in [-0.2, -0.15) is 0 Å². The molecule has 0 N–H and O–H groups in total. The van der Waals surface area contributed by atoms with Crippen molar-refractivity contribution in [2.75, 3.05) is 14.2 Å². The van der Waals surface area contributed by atoms with Gasteiger partial charge in [-0.3, -0.25) is 0 Å². The first-order chi connectivity index (χ1) is 12.2. The lowest BCUT2D eigenvalue weighted by molar-refractivity contribution is -0.132. The SMILES string of the molecule is CON=C(C(=O)OC)c1ccccc1C=NOCc1ccccc1C. The van der Waals surface area contributed by atoms with E-state index in [1.54, 1.807) is 18.2 Å². The highest BCUT2D eigenvalue weighted by atomic mass is 16.6. The maximum absolute atomic E-state index is 11.9. The molecule has 0 spiro atoms. The minimum atomic E-state index is -0.594. The van der Waals surface area contributed by atoms with Gasteiger partial charge in [-0.15, -0.1) is 0 Å². The number of nitrogens with zero attached hydrogens (tertiary/aromatic N) is 2. The van der Waals surface area contributed by atoms with E-state index in [2.05, 4.69) is 10.3 Å². The molecule has 0 aliphatic carbocycles. The summed E-state index contributed by atoms with van der Waals surface area (Å²) >= 11 is 0. The Balaban J connectivity index is 2.16. The van der Waals surface area contributed by atoms with E-state index in [0.717, 1.165) is 11.1 Å². The molecule has 130 valence electrons. The Morgan fingerprint density at radius 1 is 1.08 bits per heavy atom. The van der Waals surface area contributed by atoms with E-state index in [4.69, 9.17) is 14.4 Å². The summed E-state index contributed by atoms with van der Waals surface area (Å²) in [5.74, 6) is -0.594. The third-order valence-corrected chi connectivity index (χ3v) is 3.52. The summed E-state index contributed by atoms with van der Waals surface area (Å²) in [5.41, 5.74) is 3.46. The molecule has 6 nitrogen and oxygen atoms in total. The number of benzene rings is 2. The number of hydrogen-bond donors (Lipinski definition) is 0. The summed E-state index contributed by atoms with van der Waals surface area (Å²) in [7, 11) is 2.65.